The molecule has 0 saturated carbocycles. The smallest absolute Gasteiger partial charge is 0.237 e. The summed E-state index contributed by atoms with van der Waals surface area (Å²) in [6.45, 7) is 5.02. The van der Waals surface area contributed by atoms with E-state index in [1.807, 2.05) is 13.8 Å². The van der Waals surface area contributed by atoms with Crippen molar-refractivity contribution < 1.29 is 13.2 Å². The van der Waals surface area contributed by atoms with Crippen LogP contribution < -0.4 is 10.5 Å². The van der Waals surface area contributed by atoms with Crippen LogP contribution in [0.15, 0.2) is 0 Å². The van der Waals surface area contributed by atoms with Gasteiger partial charge in [-0.05, 0) is 26.8 Å². The molecule has 0 aliphatic heterocycles. The molecule has 0 radical (unpaired) electrons. The lowest BCUT2D eigenvalue weighted by Crippen LogP contribution is -2.40. The molecule has 0 atom stereocenters. The molecule has 96 valence electrons. The van der Waals surface area contributed by atoms with Crippen molar-refractivity contribution in [3.63, 3.8) is 0 Å². The first-order valence-corrected chi connectivity index (χ1v) is 7.07. The van der Waals surface area contributed by atoms with E-state index in [0.717, 1.165) is 0 Å². The van der Waals surface area contributed by atoms with Crippen molar-refractivity contribution in [3.05, 3.63) is 0 Å². The number of nitrogens with zero attached hydrogens (tertiary/aromatic N) is 1. The Labute approximate surface area is 97.2 Å². The van der Waals surface area contributed by atoms with Crippen LogP contribution >= 0.6 is 0 Å². The Morgan fingerprint density at radius 2 is 1.88 bits per heavy atom. The van der Waals surface area contributed by atoms with Crippen molar-refractivity contribution >= 4 is 15.9 Å². The number of hydrogen-bond donors (Lipinski definition) is 2. The first-order chi connectivity index (χ1) is 7.46. The zero-order valence-electron chi connectivity index (χ0n) is 9.90. The second-order valence-corrected chi connectivity index (χ2v) is 5.27. The molecule has 0 bridgehead atoms. The number of nitrogens with two attached hydrogens (primary N) is 1. The molecule has 0 spiro atoms. The summed E-state index contributed by atoms with van der Waals surface area (Å²) in [5.74, 6) is -0.240. The molecule has 6 nitrogen and oxygen atoms in total. The van der Waals surface area contributed by atoms with Gasteiger partial charge >= 0.3 is 0 Å². The quantitative estimate of drug-likeness (QED) is 0.586. The third-order valence-corrected chi connectivity index (χ3v) is 3.59. The molecule has 0 heterocycles. The molecule has 3 N–H and O–H groups in total. The van der Waals surface area contributed by atoms with E-state index in [4.69, 9.17) is 5.73 Å². The monoisotopic (exact) mass is 251 g/mol. The molecule has 0 rings (SSSR count). The Morgan fingerprint density at radius 1 is 1.31 bits per heavy atom. The first kappa shape index (κ1) is 15.3. The number of rotatable bonds is 8. The van der Waals surface area contributed by atoms with Crippen LogP contribution in [0.4, 0.5) is 0 Å². The summed E-state index contributed by atoms with van der Waals surface area (Å²) in [6.07, 6.45) is 0.398. The van der Waals surface area contributed by atoms with Gasteiger partial charge in [0, 0.05) is 13.1 Å². The Bertz CT molecular complexity index is 299. The van der Waals surface area contributed by atoms with E-state index in [2.05, 4.69) is 4.72 Å². The van der Waals surface area contributed by atoms with Gasteiger partial charge in [-0.1, -0.05) is 0 Å². The predicted molar refractivity (Wildman–Crippen MR) is 63.4 cm³/mol. The van der Waals surface area contributed by atoms with Gasteiger partial charge in [0.25, 0.3) is 0 Å². The molecule has 0 unspecified atom stereocenters. The van der Waals surface area contributed by atoms with Gasteiger partial charge in [-0.2, -0.15) is 0 Å². The minimum absolute atomic E-state index is 0.0327. The number of nitrogens with one attached hydrogen (secondary N) is 1. The number of carbonyl (C=O) groups is 1. The lowest BCUT2D eigenvalue weighted by Gasteiger charge is -2.18. The van der Waals surface area contributed by atoms with E-state index >= 15 is 0 Å². The summed E-state index contributed by atoms with van der Waals surface area (Å²) < 4.78 is 25.0. The Hall–Kier alpha value is -0.660. The molecule has 7 heteroatoms. The summed E-state index contributed by atoms with van der Waals surface area (Å²) in [6, 6.07) is 0. The van der Waals surface area contributed by atoms with Crippen molar-refractivity contribution in [2.75, 3.05) is 31.9 Å². The predicted octanol–water partition coefficient (Wildman–Crippen LogP) is -0.877. The minimum atomic E-state index is -3.37. The van der Waals surface area contributed by atoms with Gasteiger partial charge in [-0.25, -0.2) is 13.1 Å². The topological polar surface area (TPSA) is 92.5 Å². The molecular formula is C9H21N3O3S. The van der Waals surface area contributed by atoms with Crippen LogP contribution in [0.5, 0.6) is 0 Å². The van der Waals surface area contributed by atoms with Gasteiger partial charge in [0.15, 0.2) is 0 Å². The standard InChI is InChI=1S/C9H21N3O3S/c1-3-12(4-2)9(13)8-11-16(14,15)7-5-6-10/h11H,3-8,10H2,1-2H3. The van der Waals surface area contributed by atoms with E-state index in [1.54, 1.807) is 4.90 Å². The van der Waals surface area contributed by atoms with E-state index in [1.165, 1.54) is 0 Å². The number of sulfonamides is 1. The van der Waals surface area contributed by atoms with Gasteiger partial charge in [-0.15, -0.1) is 0 Å². The van der Waals surface area contributed by atoms with Crippen molar-refractivity contribution in [1.82, 2.24) is 9.62 Å². The van der Waals surface area contributed by atoms with Crippen molar-refractivity contribution in [3.8, 4) is 0 Å². The molecule has 0 saturated heterocycles. The van der Waals surface area contributed by atoms with Crippen LogP contribution in [0.1, 0.15) is 20.3 Å². The molecular weight excluding hydrogens is 230 g/mol. The minimum Gasteiger partial charge on any atom is -0.342 e. The van der Waals surface area contributed by atoms with E-state index in [0.29, 0.717) is 26.1 Å². The van der Waals surface area contributed by atoms with Crippen LogP contribution in [-0.4, -0.2) is 51.2 Å². The highest BCUT2D eigenvalue weighted by Crippen LogP contribution is 1.91. The zero-order valence-corrected chi connectivity index (χ0v) is 10.7. The van der Waals surface area contributed by atoms with Crippen molar-refractivity contribution in [1.29, 1.82) is 0 Å². The maximum absolute atomic E-state index is 11.5. The number of likely N-dealkylation sites (N-methyl/N-ethyl adjacent to an activating group) is 1. The average Bonchev–Trinajstić information content (AvgIpc) is 2.25. The number of carbonyl (C=O) groups excluding carboxylic acids is 1. The van der Waals surface area contributed by atoms with E-state index in [9.17, 15) is 13.2 Å². The van der Waals surface area contributed by atoms with Gasteiger partial charge in [0.2, 0.25) is 15.9 Å². The third kappa shape index (κ3) is 6.04. The second-order valence-electron chi connectivity index (χ2n) is 3.35. The SMILES string of the molecule is CCN(CC)C(=O)CNS(=O)(=O)CCCN. The summed E-state index contributed by atoms with van der Waals surface area (Å²) in [5.41, 5.74) is 5.22. The fourth-order valence-electron chi connectivity index (χ4n) is 1.21. The van der Waals surface area contributed by atoms with Crippen molar-refractivity contribution in [2.45, 2.75) is 20.3 Å². The van der Waals surface area contributed by atoms with Crippen molar-refractivity contribution in [2.24, 2.45) is 5.73 Å². The normalized spacial score (nSPS) is 11.4. The maximum Gasteiger partial charge on any atom is 0.237 e. The molecule has 0 aliphatic carbocycles. The van der Waals surface area contributed by atoms with Gasteiger partial charge in [-0.3, -0.25) is 4.79 Å². The fourth-order valence-corrected chi connectivity index (χ4v) is 2.24. The molecule has 1 amide bonds. The Kier molecular flexibility index (Phi) is 7.27. The zero-order chi connectivity index (χ0) is 12.6. The highest BCUT2D eigenvalue weighted by atomic mass is 32.2. The summed E-state index contributed by atoms with van der Waals surface area (Å²) in [7, 11) is -3.37. The van der Waals surface area contributed by atoms with E-state index in [-0.39, 0.29) is 18.2 Å². The van der Waals surface area contributed by atoms with Crippen LogP contribution in [-0.2, 0) is 14.8 Å². The van der Waals surface area contributed by atoms with Gasteiger partial charge in [0.1, 0.15) is 0 Å². The molecule has 0 aromatic carbocycles. The summed E-state index contributed by atoms with van der Waals surface area (Å²) >= 11 is 0. The molecule has 0 aromatic heterocycles. The molecule has 0 aromatic rings. The van der Waals surface area contributed by atoms with Crippen LogP contribution in [0.2, 0.25) is 0 Å². The largest absolute Gasteiger partial charge is 0.342 e. The van der Waals surface area contributed by atoms with Crippen LogP contribution in [0, 0.1) is 0 Å². The average molecular weight is 251 g/mol. The number of hydrogen-bond acceptors (Lipinski definition) is 4. The lowest BCUT2D eigenvalue weighted by atomic mass is 10.4. The fraction of sp³-hybridized carbons (Fsp3) is 0.889. The van der Waals surface area contributed by atoms with Gasteiger partial charge < -0.3 is 10.6 Å². The van der Waals surface area contributed by atoms with Crippen LogP contribution in [0.3, 0.4) is 0 Å². The molecule has 0 aliphatic rings. The van der Waals surface area contributed by atoms with Gasteiger partial charge in [0.05, 0.1) is 12.3 Å². The third-order valence-electron chi connectivity index (χ3n) is 2.18. The Morgan fingerprint density at radius 3 is 2.31 bits per heavy atom. The molecule has 16 heavy (non-hydrogen) atoms. The highest BCUT2D eigenvalue weighted by molar-refractivity contribution is 7.89. The van der Waals surface area contributed by atoms with E-state index < -0.39 is 10.0 Å². The lowest BCUT2D eigenvalue weighted by molar-refractivity contribution is -0.129. The summed E-state index contributed by atoms with van der Waals surface area (Å²) in [5, 5.41) is 0. The maximum atomic E-state index is 11.5. The Balaban J connectivity index is 4.08. The van der Waals surface area contributed by atoms with Crippen LogP contribution in [0.25, 0.3) is 0 Å². The second kappa shape index (κ2) is 7.59. The summed E-state index contributed by atoms with van der Waals surface area (Å²) in [4.78, 5) is 13.1. The molecule has 0 fully saturated rings. The first-order valence-electron chi connectivity index (χ1n) is 5.42. The highest BCUT2D eigenvalue weighted by Gasteiger charge is 2.14. The number of amides is 1.